The molecule has 1 aliphatic rings. The van der Waals surface area contributed by atoms with E-state index in [4.69, 9.17) is 19.3 Å². The average Bonchev–Trinajstić information content (AvgIpc) is 2.68. The third-order valence-corrected chi connectivity index (χ3v) is 3.06. The van der Waals surface area contributed by atoms with E-state index in [2.05, 4.69) is 0 Å². The quantitative estimate of drug-likeness (QED) is 0.756. The third-order valence-electron chi connectivity index (χ3n) is 3.06. The Balaban J connectivity index is 2.46. The van der Waals surface area contributed by atoms with Crippen LogP contribution in [0.3, 0.4) is 0 Å². The van der Waals surface area contributed by atoms with Crippen molar-refractivity contribution in [1.82, 2.24) is 0 Å². The van der Waals surface area contributed by atoms with Crippen molar-refractivity contribution < 1.29 is 24.1 Å². The maximum atomic E-state index is 11.7. The van der Waals surface area contributed by atoms with E-state index in [1.54, 1.807) is 7.11 Å². The standard InChI is InChI=1S/C13H24O5/c1-13(2,3)12(15)17-8-9-7-11(16-4)18-10(9)5-6-14/h9-11,14H,5-8H2,1-4H3. The van der Waals surface area contributed by atoms with Gasteiger partial charge in [0.2, 0.25) is 0 Å². The van der Waals surface area contributed by atoms with Gasteiger partial charge in [0.1, 0.15) is 0 Å². The van der Waals surface area contributed by atoms with Crippen LogP contribution in [0.4, 0.5) is 0 Å². The average molecular weight is 260 g/mol. The number of ether oxygens (including phenoxy) is 3. The highest BCUT2D eigenvalue weighted by Crippen LogP contribution is 2.30. The summed E-state index contributed by atoms with van der Waals surface area (Å²) in [6.45, 7) is 5.85. The van der Waals surface area contributed by atoms with Gasteiger partial charge in [-0.25, -0.2) is 0 Å². The summed E-state index contributed by atoms with van der Waals surface area (Å²) in [5.41, 5.74) is -0.493. The molecule has 1 fully saturated rings. The molecule has 0 aliphatic carbocycles. The van der Waals surface area contributed by atoms with Crippen LogP contribution in [0, 0.1) is 11.3 Å². The van der Waals surface area contributed by atoms with E-state index < -0.39 is 5.41 Å². The van der Waals surface area contributed by atoms with E-state index in [-0.39, 0.29) is 30.9 Å². The van der Waals surface area contributed by atoms with Crippen LogP contribution in [0.2, 0.25) is 0 Å². The van der Waals surface area contributed by atoms with Crippen molar-refractivity contribution >= 4 is 5.97 Å². The van der Waals surface area contributed by atoms with Crippen LogP contribution in [0.25, 0.3) is 0 Å². The number of hydrogen-bond acceptors (Lipinski definition) is 5. The zero-order chi connectivity index (χ0) is 13.8. The molecule has 0 aromatic heterocycles. The van der Waals surface area contributed by atoms with Gasteiger partial charge in [-0.2, -0.15) is 0 Å². The van der Waals surface area contributed by atoms with Crippen molar-refractivity contribution in [3.8, 4) is 0 Å². The van der Waals surface area contributed by atoms with E-state index >= 15 is 0 Å². The lowest BCUT2D eigenvalue weighted by Crippen LogP contribution is -2.28. The van der Waals surface area contributed by atoms with Gasteiger partial charge in [-0.3, -0.25) is 4.79 Å². The van der Waals surface area contributed by atoms with Gasteiger partial charge < -0.3 is 19.3 Å². The summed E-state index contributed by atoms with van der Waals surface area (Å²) in [7, 11) is 1.59. The molecule has 5 nitrogen and oxygen atoms in total. The Morgan fingerprint density at radius 1 is 1.44 bits per heavy atom. The first-order chi connectivity index (χ1) is 8.38. The van der Waals surface area contributed by atoms with Gasteiger partial charge in [0.15, 0.2) is 6.29 Å². The number of methoxy groups -OCH3 is 1. The summed E-state index contributed by atoms with van der Waals surface area (Å²) in [6.07, 6.45) is 0.864. The molecule has 1 N–H and O–H groups in total. The number of rotatable bonds is 5. The van der Waals surface area contributed by atoms with Gasteiger partial charge in [0, 0.05) is 26.1 Å². The fourth-order valence-electron chi connectivity index (χ4n) is 1.92. The lowest BCUT2D eigenvalue weighted by Gasteiger charge is -2.21. The molecular weight excluding hydrogens is 236 g/mol. The van der Waals surface area contributed by atoms with Gasteiger partial charge in [-0.15, -0.1) is 0 Å². The minimum absolute atomic E-state index is 0.0603. The van der Waals surface area contributed by atoms with Crippen molar-refractivity contribution in [1.29, 1.82) is 0 Å². The van der Waals surface area contributed by atoms with Gasteiger partial charge in [-0.1, -0.05) is 0 Å². The van der Waals surface area contributed by atoms with Crippen LogP contribution in [-0.4, -0.2) is 43.8 Å². The molecule has 1 rings (SSSR count). The van der Waals surface area contributed by atoms with Crippen molar-refractivity contribution in [2.75, 3.05) is 20.3 Å². The summed E-state index contributed by atoms with van der Waals surface area (Å²) in [5, 5.41) is 8.98. The van der Waals surface area contributed by atoms with Gasteiger partial charge in [0.05, 0.1) is 18.1 Å². The molecule has 106 valence electrons. The predicted octanol–water partition coefficient (Wildman–Crippen LogP) is 1.34. The van der Waals surface area contributed by atoms with Crippen molar-refractivity contribution in [2.45, 2.75) is 46.0 Å². The molecule has 0 spiro atoms. The second-order valence-electron chi connectivity index (χ2n) is 5.70. The number of hydrogen-bond donors (Lipinski definition) is 1. The maximum absolute atomic E-state index is 11.7. The molecule has 18 heavy (non-hydrogen) atoms. The first-order valence-electron chi connectivity index (χ1n) is 6.34. The number of carbonyl (C=O) groups excluding carboxylic acids is 1. The number of aliphatic hydroxyl groups excluding tert-OH is 1. The van der Waals surface area contributed by atoms with Crippen molar-refractivity contribution in [3.05, 3.63) is 0 Å². The molecule has 3 atom stereocenters. The Morgan fingerprint density at radius 3 is 2.61 bits per heavy atom. The minimum Gasteiger partial charge on any atom is -0.465 e. The second-order valence-corrected chi connectivity index (χ2v) is 5.70. The monoisotopic (exact) mass is 260 g/mol. The largest absolute Gasteiger partial charge is 0.465 e. The van der Waals surface area contributed by atoms with Crippen LogP contribution in [0.5, 0.6) is 0 Å². The fraction of sp³-hybridized carbons (Fsp3) is 0.923. The summed E-state index contributed by atoms with van der Waals surface area (Å²) in [5.74, 6) is -0.125. The summed E-state index contributed by atoms with van der Waals surface area (Å²) >= 11 is 0. The highest BCUT2D eigenvalue weighted by Gasteiger charge is 2.36. The van der Waals surface area contributed by atoms with Gasteiger partial charge in [0.25, 0.3) is 0 Å². The molecule has 0 bridgehead atoms. The predicted molar refractivity (Wildman–Crippen MR) is 65.9 cm³/mol. The van der Waals surface area contributed by atoms with Crippen LogP contribution in [0.15, 0.2) is 0 Å². The lowest BCUT2D eigenvalue weighted by atomic mass is 9.96. The van der Waals surface area contributed by atoms with Crippen LogP contribution in [0.1, 0.15) is 33.6 Å². The molecular formula is C13H24O5. The smallest absolute Gasteiger partial charge is 0.311 e. The molecule has 0 aromatic rings. The molecule has 0 radical (unpaired) electrons. The highest BCUT2D eigenvalue weighted by atomic mass is 16.7. The van der Waals surface area contributed by atoms with Gasteiger partial charge >= 0.3 is 5.97 Å². The maximum Gasteiger partial charge on any atom is 0.311 e. The van der Waals surface area contributed by atoms with Crippen molar-refractivity contribution in [2.24, 2.45) is 11.3 Å². The first kappa shape index (κ1) is 15.4. The Bertz CT molecular complexity index is 271. The molecule has 1 aliphatic heterocycles. The SMILES string of the molecule is COC1CC(COC(=O)C(C)(C)C)C(CCO)O1. The Kier molecular flexibility index (Phi) is 5.56. The van der Waals surface area contributed by atoms with E-state index in [1.165, 1.54) is 0 Å². The number of esters is 1. The molecule has 1 saturated heterocycles. The lowest BCUT2D eigenvalue weighted by molar-refractivity contribution is -0.155. The van der Waals surface area contributed by atoms with E-state index in [0.29, 0.717) is 19.4 Å². The van der Waals surface area contributed by atoms with E-state index in [9.17, 15) is 4.79 Å². The Morgan fingerprint density at radius 2 is 2.11 bits per heavy atom. The fourth-order valence-corrected chi connectivity index (χ4v) is 1.92. The summed E-state index contributed by atoms with van der Waals surface area (Å²) in [4.78, 5) is 11.7. The second kappa shape index (κ2) is 6.50. The third kappa shape index (κ3) is 4.23. The molecule has 0 aromatic carbocycles. The minimum atomic E-state index is -0.493. The zero-order valence-electron chi connectivity index (χ0n) is 11.6. The van der Waals surface area contributed by atoms with Crippen LogP contribution in [-0.2, 0) is 19.0 Å². The Labute approximate surface area is 108 Å². The topological polar surface area (TPSA) is 65.0 Å². The summed E-state index contributed by atoms with van der Waals surface area (Å²) in [6, 6.07) is 0. The van der Waals surface area contributed by atoms with Crippen LogP contribution < -0.4 is 0 Å². The summed E-state index contributed by atoms with van der Waals surface area (Å²) < 4.78 is 16.1. The zero-order valence-corrected chi connectivity index (χ0v) is 11.6. The molecule has 0 saturated carbocycles. The Hall–Kier alpha value is -0.650. The first-order valence-corrected chi connectivity index (χ1v) is 6.34. The highest BCUT2D eigenvalue weighted by molar-refractivity contribution is 5.75. The normalized spacial score (nSPS) is 28.4. The molecule has 1 heterocycles. The molecule has 0 amide bonds. The van der Waals surface area contributed by atoms with Crippen LogP contribution >= 0.6 is 0 Å². The van der Waals surface area contributed by atoms with E-state index in [0.717, 1.165) is 0 Å². The van der Waals surface area contributed by atoms with Gasteiger partial charge in [-0.05, 0) is 27.2 Å². The molecule has 3 unspecified atom stereocenters. The molecule has 5 heteroatoms. The van der Waals surface area contributed by atoms with Crippen molar-refractivity contribution in [3.63, 3.8) is 0 Å². The number of aliphatic hydroxyl groups is 1. The number of carbonyl (C=O) groups is 1. The van der Waals surface area contributed by atoms with E-state index in [1.807, 2.05) is 20.8 Å².